The molecule has 1 saturated heterocycles. The van der Waals surface area contributed by atoms with E-state index in [9.17, 15) is 4.79 Å². The van der Waals surface area contributed by atoms with Crippen LogP contribution in [0, 0.1) is 0 Å². The summed E-state index contributed by atoms with van der Waals surface area (Å²) in [6.07, 6.45) is 3.86. The van der Waals surface area contributed by atoms with Gasteiger partial charge in [0.15, 0.2) is 6.29 Å². The smallest absolute Gasteiger partial charge is 0.231 e. The molecule has 100 valence electrons. The van der Waals surface area contributed by atoms with Crippen molar-refractivity contribution in [1.29, 1.82) is 0 Å². The Kier molecular flexibility index (Phi) is 7.16. The van der Waals surface area contributed by atoms with Crippen molar-refractivity contribution >= 4 is 5.91 Å². The van der Waals surface area contributed by atoms with Crippen LogP contribution in [-0.2, 0) is 14.3 Å². The summed E-state index contributed by atoms with van der Waals surface area (Å²) in [4.78, 5) is 13.0. The molecule has 5 nitrogen and oxygen atoms in total. The summed E-state index contributed by atoms with van der Waals surface area (Å²) in [5, 5.41) is 0. The Labute approximate surface area is 103 Å². The van der Waals surface area contributed by atoms with Crippen LogP contribution in [0.25, 0.3) is 0 Å². The number of carbonyl (C=O) groups is 1. The van der Waals surface area contributed by atoms with Gasteiger partial charge >= 0.3 is 0 Å². The Morgan fingerprint density at radius 3 is 2.65 bits per heavy atom. The summed E-state index contributed by atoms with van der Waals surface area (Å²) >= 11 is 0. The minimum Gasteiger partial charge on any atom is -0.369 e. The Bertz CT molecular complexity index is 218. The van der Waals surface area contributed by atoms with E-state index in [-0.39, 0.29) is 12.2 Å². The third-order valence-corrected chi connectivity index (χ3v) is 2.78. The largest absolute Gasteiger partial charge is 0.369 e. The minimum atomic E-state index is -0.272. The van der Waals surface area contributed by atoms with E-state index >= 15 is 0 Å². The van der Waals surface area contributed by atoms with Crippen molar-refractivity contribution in [1.82, 2.24) is 4.90 Å². The monoisotopic (exact) mass is 244 g/mol. The molecule has 0 aromatic heterocycles. The molecule has 0 saturated carbocycles. The van der Waals surface area contributed by atoms with Gasteiger partial charge in [-0.25, -0.2) is 0 Å². The first-order valence-corrected chi connectivity index (χ1v) is 6.46. The van der Waals surface area contributed by atoms with Crippen LogP contribution in [0.2, 0.25) is 0 Å². The summed E-state index contributed by atoms with van der Waals surface area (Å²) in [7, 11) is 0. The Balaban J connectivity index is 2.23. The molecule has 2 N–H and O–H groups in total. The van der Waals surface area contributed by atoms with Crippen molar-refractivity contribution < 1.29 is 14.3 Å². The van der Waals surface area contributed by atoms with Crippen LogP contribution in [0.15, 0.2) is 0 Å². The van der Waals surface area contributed by atoms with Crippen LogP contribution in [0.4, 0.5) is 0 Å². The average molecular weight is 244 g/mol. The summed E-state index contributed by atoms with van der Waals surface area (Å²) in [6, 6.07) is 0. The predicted octanol–water partition coefficient (Wildman–Crippen LogP) is 0.727. The first kappa shape index (κ1) is 14.4. The number of hydrogen-bond acceptors (Lipinski definition) is 4. The Morgan fingerprint density at radius 1 is 1.35 bits per heavy atom. The molecule has 1 aliphatic heterocycles. The number of ether oxygens (including phenoxy) is 2. The molecule has 0 aromatic carbocycles. The van der Waals surface area contributed by atoms with Gasteiger partial charge in [-0.15, -0.1) is 0 Å². The molecular formula is C12H24N2O3. The van der Waals surface area contributed by atoms with Crippen LogP contribution in [0.1, 0.15) is 32.6 Å². The van der Waals surface area contributed by atoms with E-state index in [0.717, 1.165) is 52.0 Å². The molecule has 1 heterocycles. The van der Waals surface area contributed by atoms with E-state index in [0.29, 0.717) is 6.54 Å². The molecule has 17 heavy (non-hydrogen) atoms. The lowest BCUT2D eigenvalue weighted by Gasteiger charge is -2.26. The highest BCUT2D eigenvalue weighted by atomic mass is 16.7. The highest BCUT2D eigenvalue weighted by Gasteiger charge is 2.16. The van der Waals surface area contributed by atoms with E-state index < -0.39 is 0 Å². The van der Waals surface area contributed by atoms with Crippen LogP contribution >= 0.6 is 0 Å². The molecule has 0 aliphatic carbocycles. The summed E-state index contributed by atoms with van der Waals surface area (Å²) < 4.78 is 10.9. The molecule has 0 spiro atoms. The van der Waals surface area contributed by atoms with E-state index in [4.69, 9.17) is 15.2 Å². The molecule has 1 amide bonds. The third kappa shape index (κ3) is 6.61. The topological polar surface area (TPSA) is 64.8 Å². The van der Waals surface area contributed by atoms with Crippen molar-refractivity contribution in [2.24, 2.45) is 5.73 Å². The number of amides is 1. The molecule has 0 unspecified atom stereocenters. The zero-order valence-electron chi connectivity index (χ0n) is 10.7. The molecule has 0 atom stereocenters. The highest BCUT2D eigenvalue weighted by molar-refractivity contribution is 5.75. The lowest BCUT2D eigenvalue weighted by Crippen LogP contribution is -2.37. The molecular weight excluding hydrogens is 220 g/mol. The van der Waals surface area contributed by atoms with Crippen LogP contribution in [0.5, 0.6) is 0 Å². The number of primary amides is 1. The first-order valence-electron chi connectivity index (χ1n) is 6.46. The van der Waals surface area contributed by atoms with Crippen LogP contribution in [-0.4, -0.2) is 49.9 Å². The van der Waals surface area contributed by atoms with E-state index in [2.05, 4.69) is 11.8 Å². The van der Waals surface area contributed by atoms with Crippen LogP contribution < -0.4 is 5.73 Å². The van der Waals surface area contributed by atoms with E-state index in [1.54, 1.807) is 0 Å². The van der Waals surface area contributed by atoms with Gasteiger partial charge in [-0.3, -0.25) is 9.69 Å². The molecule has 0 aromatic rings. The number of carbonyl (C=O) groups excluding carboxylic acids is 1. The van der Waals surface area contributed by atoms with Gasteiger partial charge in [0, 0.05) is 13.0 Å². The van der Waals surface area contributed by atoms with E-state index in [1.807, 2.05) is 0 Å². The minimum absolute atomic E-state index is 0.110. The second-order valence-corrected chi connectivity index (χ2v) is 4.41. The van der Waals surface area contributed by atoms with E-state index in [1.165, 1.54) is 0 Å². The fourth-order valence-electron chi connectivity index (χ4n) is 1.86. The lowest BCUT2D eigenvalue weighted by atomic mass is 10.2. The third-order valence-electron chi connectivity index (χ3n) is 2.78. The maximum atomic E-state index is 10.9. The van der Waals surface area contributed by atoms with Gasteiger partial charge in [0.1, 0.15) is 0 Å². The number of hydrogen-bond donors (Lipinski definition) is 1. The summed E-state index contributed by atoms with van der Waals surface area (Å²) in [5.74, 6) is -0.272. The fraction of sp³-hybridized carbons (Fsp3) is 0.917. The Morgan fingerprint density at radius 2 is 2.06 bits per heavy atom. The van der Waals surface area contributed by atoms with Gasteiger partial charge in [-0.05, 0) is 19.4 Å². The van der Waals surface area contributed by atoms with Gasteiger partial charge in [-0.2, -0.15) is 0 Å². The molecule has 0 bridgehead atoms. The quantitative estimate of drug-likeness (QED) is 0.683. The standard InChI is InChI=1S/C12H24N2O3/c1-2-3-6-14(10-11(13)15)7-5-12-16-8-4-9-17-12/h12H,2-10H2,1H3,(H2,13,15). The zero-order valence-corrected chi connectivity index (χ0v) is 10.7. The normalized spacial score (nSPS) is 17.5. The second-order valence-electron chi connectivity index (χ2n) is 4.41. The predicted molar refractivity (Wildman–Crippen MR) is 65.5 cm³/mol. The van der Waals surface area contributed by atoms with Gasteiger partial charge in [0.25, 0.3) is 0 Å². The molecule has 5 heteroatoms. The van der Waals surface area contributed by atoms with Crippen molar-refractivity contribution in [3.8, 4) is 0 Å². The van der Waals surface area contributed by atoms with Gasteiger partial charge in [0.2, 0.25) is 5.91 Å². The number of rotatable bonds is 8. The average Bonchev–Trinajstić information content (AvgIpc) is 2.33. The molecule has 1 rings (SSSR count). The summed E-state index contributed by atoms with van der Waals surface area (Å²) in [5.41, 5.74) is 5.23. The fourth-order valence-corrected chi connectivity index (χ4v) is 1.86. The second kappa shape index (κ2) is 8.44. The Hall–Kier alpha value is -0.650. The van der Waals surface area contributed by atoms with Gasteiger partial charge < -0.3 is 15.2 Å². The van der Waals surface area contributed by atoms with Crippen molar-refractivity contribution in [2.45, 2.75) is 38.9 Å². The van der Waals surface area contributed by atoms with Crippen molar-refractivity contribution in [3.05, 3.63) is 0 Å². The molecule has 1 fully saturated rings. The number of nitrogens with zero attached hydrogens (tertiary/aromatic N) is 1. The summed E-state index contributed by atoms with van der Waals surface area (Å²) in [6.45, 7) is 5.72. The van der Waals surface area contributed by atoms with Gasteiger partial charge in [0.05, 0.1) is 19.8 Å². The van der Waals surface area contributed by atoms with Gasteiger partial charge in [-0.1, -0.05) is 13.3 Å². The first-order chi connectivity index (χ1) is 8.22. The van der Waals surface area contributed by atoms with Crippen molar-refractivity contribution in [3.63, 3.8) is 0 Å². The number of unbranched alkanes of at least 4 members (excludes halogenated alkanes) is 1. The highest BCUT2D eigenvalue weighted by Crippen LogP contribution is 2.09. The maximum absolute atomic E-state index is 10.9. The molecule has 1 aliphatic rings. The SMILES string of the molecule is CCCCN(CCC1OCCCO1)CC(N)=O. The van der Waals surface area contributed by atoms with Crippen molar-refractivity contribution in [2.75, 3.05) is 32.8 Å². The molecule has 0 radical (unpaired) electrons. The maximum Gasteiger partial charge on any atom is 0.231 e. The number of nitrogens with two attached hydrogens (primary N) is 1. The lowest BCUT2D eigenvalue weighted by molar-refractivity contribution is -0.182. The van der Waals surface area contributed by atoms with Crippen LogP contribution in [0.3, 0.4) is 0 Å². The zero-order chi connectivity index (χ0) is 12.5.